The van der Waals surface area contributed by atoms with Gasteiger partial charge in [0.15, 0.2) is 5.05 Å². The fourth-order valence-corrected chi connectivity index (χ4v) is 3.24. The molecule has 0 N–H and O–H groups in total. The van der Waals surface area contributed by atoms with E-state index in [4.69, 9.17) is 22.2 Å². The third kappa shape index (κ3) is 17.7. The molecule has 0 aliphatic rings. The molecule has 0 saturated heterocycles. The van der Waals surface area contributed by atoms with Gasteiger partial charge < -0.3 is 4.74 Å². The van der Waals surface area contributed by atoms with E-state index in [2.05, 4.69) is 6.92 Å². The van der Waals surface area contributed by atoms with Crippen molar-refractivity contribution in [2.75, 3.05) is 0 Å². The maximum Gasteiger partial charge on any atom is 0.174 e. The fourth-order valence-electron chi connectivity index (χ4n) is 3.02. The van der Waals surface area contributed by atoms with Gasteiger partial charge in [-0.05, 0) is 32.0 Å². The fraction of sp³-hybridized carbons (Fsp3) is 0.905. The number of hydrogen-bond acceptors (Lipinski definition) is 3. The van der Waals surface area contributed by atoms with E-state index < -0.39 is 0 Å². The molecule has 0 heterocycles. The molecule has 2 nitrogen and oxygen atoms in total. The highest BCUT2D eigenvalue weighted by atomic mass is 32.1. The summed E-state index contributed by atoms with van der Waals surface area (Å²) in [6, 6.07) is 2.03. The summed E-state index contributed by atoms with van der Waals surface area (Å²) in [7, 11) is 0. The Hall–Kier alpha value is -0.620. The standard InChI is InChI=1S/C21H39NOS/c1-3-4-5-6-7-8-9-10-11-12-13-14-15-16-17-20(2)23-21(24)18-19-22/h20H,3-18H2,1-2H3. The Kier molecular flexibility index (Phi) is 18.2. The summed E-state index contributed by atoms with van der Waals surface area (Å²) in [6.45, 7) is 4.33. The first-order valence-corrected chi connectivity index (χ1v) is 10.7. The summed E-state index contributed by atoms with van der Waals surface area (Å²) < 4.78 is 5.51. The van der Waals surface area contributed by atoms with Gasteiger partial charge in [0, 0.05) is 0 Å². The molecular weight excluding hydrogens is 314 g/mol. The Labute approximate surface area is 156 Å². The third-order valence-electron chi connectivity index (χ3n) is 4.52. The molecule has 0 aliphatic carbocycles. The van der Waals surface area contributed by atoms with Crippen LogP contribution in [-0.2, 0) is 4.74 Å². The van der Waals surface area contributed by atoms with Gasteiger partial charge in [-0.15, -0.1) is 0 Å². The minimum absolute atomic E-state index is 0.156. The SMILES string of the molecule is CCCCCCCCCCCCCCCCC(C)OC(=S)CC#N. The minimum Gasteiger partial charge on any atom is -0.483 e. The summed E-state index contributed by atoms with van der Waals surface area (Å²) in [6.07, 6.45) is 20.8. The quantitative estimate of drug-likeness (QED) is 0.200. The number of thiocarbonyl (C=S) groups is 1. The zero-order chi connectivity index (χ0) is 17.9. The van der Waals surface area contributed by atoms with Crippen molar-refractivity contribution in [3.05, 3.63) is 0 Å². The number of ether oxygens (including phenoxy) is 1. The van der Waals surface area contributed by atoms with Crippen molar-refractivity contribution in [2.24, 2.45) is 0 Å². The van der Waals surface area contributed by atoms with Gasteiger partial charge in [0.1, 0.15) is 6.42 Å². The van der Waals surface area contributed by atoms with Gasteiger partial charge in [-0.25, -0.2) is 0 Å². The largest absolute Gasteiger partial charge is 0.483 e. The van der Waals surface area contributed by atoms with E-state index in [1.165, 1.54) is 89.9 Å². The molecular formula is C21H39NOS. The van der Waals surface area contributed by atoms with Crippen molar-refractivity contribution in [2.45, 2.75) is 123 Å². The molecule has 1 atom stereocenters. The van der Waals surface area contributed by atoms with E-state index in [1.54, 1.807) is 0 Å². The normalized spacial score (nSPS) is 11.9. The van der Waals surface area contributed by atoms with Crippen LogP contribution in [0.1, 0.15) is 117 Å². The number of nitriles is 1. The average Bonchev–Trinajstić information content (AvgIpc) is 2.55. The summed E-state index contributed by atoms with van der Waals surface area (Å²) in [5.74, 6) is 0. The van der Waals surface area contributed by atoms with Crippen LogP contribution in [0.5, 0.6) is 0 Å². The molecule has 140 valence electrons. The zero-order valence-electron chi connectivity index (χ0n) is 16.2. The maximum absolute atomic E-state index is 8.54. The second-order valence-corrected chi connectivity index (χ2v) is 7.48. The predicted octanol–water partition coefficient (Wildman–Crippen LogP) is 7.50. The van der Waals surface area contributed by atoms with E-state index in [1.807, 2.05) is 13.0 Å². The second kappa shape index (κ2) is 18.7. The minimum atomic E-state index is 0.156. The van der Waals surface area contributed by atoms with Crippen molar-refractivity contribution in [1.29, 1.82) is 5.26 Å². The van der Waals surface area contributed by atoms with Gasteiger partial charge >= 0.3 is 0 Å². The van der Waals surface area contributed by atoms with Crippen LogP contribution in [0.3, 0.4) is 0 Å². The van der Waals surface area contributed by atoms with Crippen LogP contribution < -0.4 is 0 Å². The number of unbranched alkanes of at least 4 members (excludes halogenated alkanes) is 13. The Bertz CT molecular complexity index is 324. The number of hydrogen-bond donors (Lipinski definition) is 0. The predicted molar refractivity (Wildman–Crippen MR) is 108 cm³/mol. The van der Waals surface area contributed by atoms with E-state index in [-0.39, 0.29) is 12.5 Å². The Morgan fingerprint density at radius 2 is 1.25 bits per heavy atom. The Balaban J connectivity index is 3.17. The van der Waals surface area contributed by atoms with Gasteiger partial charge in [0.2, 0.25) is 0 Å². The van der Waals surface area contributed by atoms with Crippen molar-refractivity contribution < 1.29 is 4.74 Å². The van der Waals surface area contributed by atoms with E-state index in [9.17, 15) is 0 Å². The van der Waals surface area contributed by atoms with Gasteiger partial charge in [-0.1, -0.05) is 90.4 Å². The molecule has 0 aromatic carbocycles. The number of rotatable bonds is 17. The lowest BCUT2D eigenvalue weighted by atomic mass is 10.0. The molecule has 0 aromatic heterocycles. The van der Waals surface area contributed by atoms with Crippen LogP contribution in [-0.4, -0.2) is 11.2 Å². The highest BCUT2D eigenvalue weighted by Crippen LogP contribution is 2.14. The highest BCUT2D eigenvalue weighted by Gasteiger charge is 2.05. The van der Waals surface area contributed by atoms with Crippen molar-refractivity contribution in [1.82, 2.24) is 0 Å². The first-order chi connectivity index (χ1) is 11.7. The average molecular weight is 354 g/mol. The maximum atomic E-state index is 8.54. The lowest BCUT2D eigenvalue weighted by Crippen LogP contribution is -2.12. The van der Waals surface area contributed by atoms with Crippen LogP contribution in [0.2, 0.25) is 0 Å². The first kappa shape index (κ1) is 23.4. The van der Waals surface area contributed by atoms with Crippen LogP contribution in [0.25, 0.3) is 0 Å². The molecule has 0 amide bonds. The van der Waals surface area contributed by atoms with E-state index in [0.717, 1.165) is 6.42 Å². The van der Waals surface area contributed by atoms with Crippen LogP contribution >= 0.6 is 12.2 Å². The monoisotopic (exact) mass is 353 g/mol. The molecule has 0 aliphatic heterocycles. The Morgan fingerprint density at radius 3 is 1.67 bits per heavy atom. The molecule has 0 fully saturated rings. The van der Waals surface area contributed by atoms with Crippen molar-refractivity contribution in [3.8, 4) is 6.07 Å². The van der Waals surface area contributed by atoms with Crippen LogP contribution in [0.15, 0.2) is 0 Å². The summed E-state index contributed by atoms with van der Waals surface area (Å²) in [5, 5.41) is 8.98. The van der Waals surface area contributed by atoms with Gasteiger partial charge in [-0.3, -0.25) is 0 Å². The molecule has 0 spiro atoms. The van der Waals surface area contributed by atoms with Gasteiger partial charge in [-0.2, -0.15) is 5.26 Å². The molecule has 24 heavy (non-hydrogen) atoms. The number of nitrogens with zero attached hydrogens (tertiary/aromatic N) is 1. The van der Waals surface area contributed by atoms with Gasteiger partial charge in [0.05, 0.1) is 12.2 Å². The summed E-state index contributed by atoms with van der Waals surface area (Å²) >= 11 is 4.99. The lowest BCUT2D eigenvalue weighted by Gasteiger charge is -2.13. The molecule has 0 radical (unpaired) electrons. The molecule has 0 saturated carbocycles. The lowest BCUT2D eigenvalue weighted by molar-refractivity contribution is 0.195. The molecule has 0 rings (SSSR count). The van der Waals surface area contributed by atoms with Crippen LogP contribution in [0.4, 0.5) is 0 Å². The third-order valence-corrected chi connectivity index (χ3v) is 4.76. The first-order valence-electron chi connectivity index (χ1n) is 10.3. The topological polar surface area (TPSA) is 33.0 Å². The van der Waals surface area contributed by atoms with E-state index in [0.29, 0.717) is 5.05 Å². The molecule has 3 heteroatoms. The smallest absolute Gasteiger partial charge is 0.174 e. The molecule has 1 unspecified atom stereocenters. The summed E-state index contributed by atoms with van der Waals surface area (Å²) in [5.41, 5.74) is 0. The van der Waals surface area contributed by atoms with Gasteiger partial charge in [0.25, 0.3) is 0 Å². The second-order valence-electron chi connectivity index (χ2n) is 7.02. The summed E-state index contributed by atoms with van der Waals surface area (Å²) in [4.78, 5) is 0. The highest BCUT2D eigenvalue weighted by molar-refractivity contribution is 7.80. The van der Waals surface area contributed by atoms with Crippen LogP contribution in [0, 0.1) is 11.3 Å². The Morgan fingerprint density at radius 1 is 0.833 bits per heavy atom. The molecule has 0 bridgehead atoms. The molecule has 0 aromatic rings. The van der Waals surface area contributed by atoms with Crippen molar-refractivity contribution in [3.63, 3.8) is 0 Å². The van der Waals surface area contributed by atoms with E-state index >= 15 is 0 Å². The van der Waals surface area contributed by atoms with Crippen molar-refractivity contribution >= 4 is 17.3 Å². The zero-order valence-corrected chi connectivity index (χ0v) is 17.0.